The third-order valence-corrected chi connectivity index (χ3v) is 4.99. The van der Waals surface area contributed by atoms with Crippen LogP contribution in [0.1, 0.15) is 47.0 Å². The molecule has 2 aliphatic heterocycles. The van der Waals surface area contributed by atoms with Crippen LogP contribution in [0, 0.1) is 5.92 Å². The summed E-state index contributed by atoms with van der Waals surface area (Å²) in [5.74, 6) is 0.675. The minimum Gasteiger partial charge on any atom is -0.380 e. The largest absolute Gasteiger partial charge is 0.380 e. The molecule has 2 heterocycles. The number of ether oxygens (including phenoxy) is 1. The van der Waals surface area contributed by atoms with Gasteiger partial charge in [-0.3, -0.25) is 9.80 Å². The number of fused-ring (bicyclic) bond motifs is 1. The summed E-state index contributed by atoms with van der Waals surface area (Å²) in [6.45, 7) is 14.7. The molecule has 19 heavy (non-hydrogen) atoms. The first-order valence-electron chi connectivity index (χ1n) is 8.24. The standard InChI is InChI=1S/C16H32N2O/c1-5-14-10-17-9-7-8-15(17)11-18(14)16(13(3)4)12-19-6-2/h13-16H,5-12H2,1-4H3. The van der Waals surface area contributed by atoms with Crippen LogP contribution in [0.5, 0.6) is 0 Å². The van der Waals surface area contributed by atoms with E-state index in [-0.39, 0.29) is 0 Å². The SMILES string of the molecule is CCOCC(C(C)C)N1CC2CCCN2CC1CC. The van der Waals surface area contributed by atoms with Crippen LogP contribution in [0.2, 0.25) is 0 Å². The lowest BCUT2D eigenvalue weighted by molar-refractivity contribution is -0.0295. The summed E-state index contributed by atoms with van der Waals surface area (Å²) >= 11 is 0. The topological polar surface area (TPSA) is 15.7 Å². The van der Waals surface area contributed by atoms with E-state index in [4.69, 9.17) is 4.74 Å². The molecular formula is C16H32N2O. The third kappa shape index (κ3) is 3.50. The fraction of sp³-hybridized carbons (Fsp3) is 1.00. The molecule has 112 valence electrons. The highest BCUT2D eigenvalue weighted by Gasteiger charge is 2.39. The monoisotopic (exact) mass is 268 g/mol. The first kappa shape index (κ1) is 15.3. The van der Waals surface area contributed by atoms with Crippen LogP contribution in [-0.2, 0) is 4.74 Å². The first-order valence-corrected chi connectivity index (χ1v) is 8.24. The molecule has 0 aromatic rings. The average Bonchev–Trinajstić information content (AvgIpc) is 2.84. The molecule has 0 aromatic heterocycles. The smallest absolute Gasteiger partial charge is 0.0624 e. The van der Waals surface area contributed by atoms with Crippen LogP contribution >= 0.6 is 0 Å². The number of hydrogen-bond acceptors (Lipinski definition) is 3. The quantitative estimate of drug-likeness (QED) is 0.736. The van der Waals surface area contributed by atoms with Gasteiger partial charge in [0.25, 0.3) is 0 Å². The normalized spacial score (nSPS) is 30.8. The van der Waals surface area contributed by atoms with Crippen LogP contribution in [0.15, 0.2) is 0 Å². The van der Waals surface area contributed by atoms with Crippen molar-refractivity contribution in [1.29, 1.82) is 0 Å². The predicted octanol–water partition coefficient (Wildman–Crippen LogP) is 2.61. The lowest BCUT2D eigenvalue weighted by Crippen LogP contribution is -2.60. The van der Waals surface area contributed by atoms with Crippen LogP contribution in [0.3, 0.4) is 0 Å². The van der Waals surface area contributed by atoms with E-state index in [1.807, 2.05) is 0 Å². The fourth-order valence-corrected chi connectivity index (χ4v) is 3.79. The average molecular weight is 268 g/mol. The molecule has 0 aromatic carbocycles. The van der Waals surface area contributed by atoms with Crippen LogP contribution in [0.4, 0.5) is 0 Å². The Bertz CT molecular complexity index is 269. The molecule has 3 nitrogen and oxygen atoms in total. The maximum Gasteiger partial charge on any atom is 0.0624 e. The van der Waals surface area contributed by atoms with Crippen molar-refractivity contribution in [2.24, 2.45) is 5.92 Å². The highest BCUT2D eigenvalue weighted by atomic mass is 16.5. The highest BCUT2D eigenvalue weighted by Crippen LogP contribution is 2.29. The molecule has 0 aliphatic carbocycles. The summed E-state index contributed by atoms with van der Waals surface area (Å²) in [7, 11) is 0. The van der Waals surface area contributed by atoms with Gasteiger partial charge in [-0.25, -0.2) is 0 Å². The Morgan fingerprint density at radius 1 is 1.21 bits per heavy atom. The Morgan fingerprint density at radius 3 is 2.63 bits per heavy atom. The minimum atomic E-state index is 0.590. The van der Waals surface area contributed by atoms with Crippen molar-refractivity contribution in [2.45, 2.75) is 65.1 Å². The second-order valence-electron chi connectivity index (χ2n) is 6.52. The highest BCUT2D eigenvalue weighted by molar-refractivity contribution is 4.94. The van der Waals surface area contributed by atoms with E-state index in [0.717, 1.165) is 25.3 Å². The van der Waals surface area contributed by atoms with E-state index in [1.54, 1.807) is 0 Å². The van der Waals surface area contributed by atoms with Crippen molar-refractivity contribution in [1.82, 2.24) is 9.80 Å². The summed E-state index contributed by atoms with van der Waals surface area (Å²) in [6.07, 6.45) is 4.05. The molecule has 3 heteroatoms. The third-order valence-electron chi connectivity index (χ3n) is 4.99. The number of rotatable bonds is 6. The van der Waals surface area contributed by atoms with Gasteiger partial charge in [-0.2, -0.15) is 0 Å². The Balaban J connectivity index is 2.04. The van der Waals surface area contributed by atoms with Crippen molar-refractivity contribution in [3.63, 3.8) is 0 Å². The molecular weight excluding hydrogens is 236 g/mol. The van der Waals surface area contributed by atoms with Gasteiger partial charge in [-0.1, -0.05) is 20.8 Å². The Kier molecular flexibility index (Phi) is 5.67. The molecule has 2 aliphatic rings. The molecule has 2 rings (SSSR count). The van der Waals surface area contributed by atoms with Crippen molar-refractivity contribution < 1.29 is 4.74 Å². The van der Waals surface area contributed by atoms with E-state index >= 15 is 0 Å². The molecule has 0 radical (unpaired) electrons. The van der Waals surface area contributed by atoms with Gasteiger partial charge >= 0.3 is 0 Å². The zero-order valence-electron chi connectivity index (χ0n) is 13.3. The first-order chi connectivity index (χ1) is 9.17. The fourth-order valence-electron chi connectivity index (χ4n) is 3.79. The number of hydrogen-bond donors (Lipinski definition) is 0. The van der Waals surface area contributed by atoms with E-state index in [2.05, 4.69) is 37.5 Å². The van der Waals surface area contributed by atoms with E-state index in [9.17, 15) is 0 Å². The molecule has 0 N–H and O–H groups in total. The van der Waals surface area contributed by atoms with Gasteiger partial charge in [-0.05, 0) is 38.6 Å². The van der Waals surface area contributed by atoms with Crippen molar-refractivity contribution in [2.75, 3.05) is 32.8 Å². The Labute approximate surface area is 119 Å². The van der Waals surface area contributed by atoms with Crippen molar-refractivity contribution >= 4 is 0 Å². The Hall–Kier alpha value is -0.120. The second-order valence-corrected chi connectivity index (χ2v) is 6.52. The molecule has 2 fully saturated rings. The van der Waals surface area contributed by atoms with Gasteiger partial charge in [0.2, 0.25) is 0 Å². The van der Waals surface area contributed by atoms with Crippen LogP contribution < -0.4 is 0 Å². The van der Waals surface area contributed by atoms with Gasteiger partial charge in [0.15, 0.2) is 0 Å². The summed E-state index contributed by atoms with van der Waals surface area (Å²) < 4.78 is 5.76. The van der Waals surface area contributed by atoms with Crippen LogP contribution in [0.25, 0.3) is 0 Å². The van der Waals surface area contributed by atoms with Crippen LogP contribution in [-0.4, -0.2) is 60.8 Å². The lowest BCUT2D eigenvalue weighted by Gasteiger charge is -2.48. The Morgan fingerprint density at radius 2 is 2.00 bits per heavy atom. The minimum absolute atomic E-state index is 0.590. The molecule has 2 saturated heterocycles. The maximum atomic E-state index is 5.76. The zero-order chi connectivity index (χ0) is 13.8. The van der Waals surface area contributed by atoms with Gasteiger partial charge in [0.05, 0.1) is 6.61 Å². The molecule has 0 bridgehead atoms. The van der Waals surface area contributed by atoms with Crippen molar-refractivity contribution in [3.05, 3.63) is 0 Å². The van der Waals surface area contributed by atoms with Gasteiger partial charge in [-0.15, -0.1) is 0 Å². The summed E-state index contributed by atoms with van der Waals surface area (Å²) in [5.41, 5.74) is 0. The maximum absolute atomic E-state index is 5.76. The number of nitrogens with zero attached hydrogens (tertiary/aromatic N) is 2. The summed E-state index contributed by atoms with van der Waals surface area (Å²) in [5, 5.41) is 0. The second kappa shape index (κ2) is 7.05. The van der Waals surface area contributed by atoms with Gasteiger partial charge < -0.3 is 4.74 Å². The molecule has 0 saturated carbocycles. The molecule has 3 unspecified atom stereocenters. The molecule has 3 atom stereocenters. The molecule has 0 spiro atoms. The van der Waals surface area contributed by atoms with Gasteiger partial charge in [0, 0.05) is 37.8 Å². The number of piperazine rings is 1. The van der Waals surface area contributed by atoms with Gasteiger partial charge in [0.1, 0.15) is 0 Å². The zero-order valence-corrected chi connectivity index (χ0v) is 13.3. The lowest BCUT2D eigenvalue weighted by atomic mass is 9.96. The van der Waals surface area contributed by atoms with E-state index in [1.165, 1.54) is 38.9 Å². The summed E-state index contributed by atoms with van der Waals surface area (Å²) in [6, 6.07) is 2.13. The van der Waals surface area contributed by atoms with E-state index in [0.29, 0.717) is 12.0 Å². The van der Waals surface area contributed by atoms with Crippen molar-refractivity contribution in [3.8, 4) is 0 Å². The summed E-state index contributed by atoms with van der Waals surface area (Å²) in [4.78, 5) is 5.50. The van der Waals surface area contributed by atoms with E-state index < -0.39 is 0 Å². The predicted molar refractivity (Wildman–Crippen MR) is 80.5 cm³/mol. The molecule has 0 amide bonds.